The fourth-order valence-electron chi connectivity index (χ4n) is 3.01. The lowest BCUT2D eigenvalue weighted by Crippen LogP contribution is -1.98. The van der Waals surface area contributed by atoms with Crippen LogP contribution in [0.25, 0.3) is 11.3 Å². The highest BCUT2D eigenvalue weighted by Crippen LogP contribution is 2.27. The zero-order chi connectivity index (χ0) is 25.8. The minimum atomic E-state index is -0.745. The third-order valence-electron chi connectivity index (χ3n) is 5.07. The largest absolute Gasteiger partial charge is 0.481 e. The average Bonchev–Trinajstić information content (AvgIpc) is 2.81. The van der Waals surface area contributed by atoms with Crippen molar-refractivity contribution in [2.45, 2.75) is 48.0 Å². The Balaban J connectivity index is 0.00000104. The maximum Gasteiger partial charge on any atom is 0.303 e. The molecule has 0 aliphatic carbocycles. The van der Waals surface area contributed by atoms with Gasteiger partial charge in [-0.3, -0.25) is 4.79 Å². The summed E-state index contributed by atoms with van der Waals surface area (Å²) in [6.45, 7) is 19.1. The highest BCUT2D eigenvalue weighted by Gasteiger charge is 2.09. The number of oxime groups is 1. The molecule has 1 N–H and O–H groups in total. The Morgan fingerprint density at radius 2 is 1.74 bits per heavy atom. The summed E-state index contributed by atoms with van der Waals surface area (Å²) in [7, 11) is 0. The van der Waals surface area contributed by atoms with E-state index in [2.05, 4.69) is 31.3 Å². The summed E-state index contributed by atoms with van der Waals surface area (Å²) in [5, 5.41) is 11.8. The molecule has 0 atom stereocenters. The van der Waals surface area contributed by atoms with Gasteiger partial charge in [0.25, 0.3) is 0 Å². The van der Waals surface area contributed by atoms with Crippen LogP contribution in [0.1, 0.15) is 61.9 Å². The normalized spacial score (nSPS) is 11.9. The highest BCUT2D eigenvalue weighted by atomic mass is 19.1. The monoisotopic (exact) mass is 463 g/mol. The molecule has 0 aliphatic rings. The van der Waals surface area contributed by atoms with Crippen LogP contribution in [0.2, 0.25) is 0 Å². The predicted octanol–water partition coefficient (Wildman–Crippen LogP) is 7.87. The number of halogens is 1. The topological polar surface area (TPSA) is 58.9 Å². The van der Waals surface area contributed by atoms with Crippen molar-refractivity contribution < 1.29 is 19.1 Å². The van der Waals surface area contributed by atoms with E-state index in [9.17, 15) is 9.18 Å². The fourth-order valence-corrected chi connectivity index (χ4v) is 3.01. The minimum absolute atomic E-state index is 0.222. The van der Waals surface area contributed by atoms with Crippen molar-refractivity contribution in [1.29, 1.82) is 0 Å². The van der Waals surface area contributed by atoms with Crippen LogP contribution in [0.15, 0.2) is 78.5 Å². The van der Waals surface area contributed by atoms with Gasteiger partial charge >= 0.3 is 5.97 Å². The van der Waals surface area contributed by atoms with Gasteiger partial charge in [0.2, 0.25) is 0 Å². The quantitative estimate of drug-likeness (QED) is 0.187. The Morgan fingerprint density at radius 3 is 2.24 bits per heavy atom. The number of carbonyl (C=O) groups is 1. The summed E-state index contributed by atoms with van der Waals surface area (Å²) in [5.74, 6) is -0.577. The second-order valence-corrected chi connectivity index (χ2v) is 7.73. The molecule has 2 aromatic carbocycles. The highest BCUT2D eigenvalue weighted by molar-refractivity contribution is 5.98. The van der Waals surface area contributed by atoms with Crippen LogP contribution in [-0.4, -0.2) is 16.8 Å². The molecule has 0 spiro atoms. The maximum absolute atomic E-state index is 13.8. The average molecular weight is 464 g/mol. The number of carboxylic acid groups (broad SMARTS) is 1. The Bertz CT molecular complexity index is 1140. The lowest BCUT2D eigenvalue weighted by atomic mass is 9.94. The van der Waals surface area contributed by atoms with Crippen molar-refractivity contribution >= 4 is 23.0 Å². The van der Waals surface area contributed by atoms with E-state index in [-0.39, 0.29) is 12.2 Å². The van der Waals surface area contributed by atoms with Crippen LogP contribution >= 0.6 is 0 Å². The lowest BCUT2D eigenvalue weighted by Gasteiger charge is -2.12. The van der Waals surface area contributed by atoms with Crippen molar-refractivity contribution in [3.05, 3.63) is 107 Å². The molecular formula is C29H34FNO3. The Morgan fingerprint density at radius 1 is 1.12 bits per heavy atom. The molecule has 0 bridgehead atoms. The van der Waals surface area contributed by atoms with Crippen molar-refractivity contribution in [3.8, 4) is 0 Å². The van der Waals surface area contributed by atoms with Crippen LogP contribution in [0.5, 0.6) is 0 Å². The molecule has 0 fully saturated rings. The fraction of sp³-hybridized carbons (Fsp3) is 0.241. The maximum atomic E-state index is 13.8. The molecule has 0 saturated carbocycles. The smallest absolute Gasteiger partial charge is 0.303 e. The van der Waals surface area contributed by atoms with Crippen molar-refractivity contribution in [2.24, 2.45) is 5.16 Å². The molecule has 0 unspecified atom stereocenters. The van der Waals surface area contributed by atoms with Crippen molar-refractivity contribution in [1.82, 2.24) is 0 Å². The van der Waals surface area contributed by atoms with Gasteiger partial charge in [-0.1, -0.05) is 67.7 Å². The molecule has 180 valence electrons. The van der Waals surface area contributed by atoms with Gasteiger partial charge < -0.3 is 9.94 Å². The number of aryl methyl sites for hydroxylation is 2. The van der Waals surface area contributed by atoms with Gasteiger partial charge in [-0.25, -0.2) is 4.39 Å². The molecular weight excluding hydrogens is 429 g/mol. The standard InChI is InChI=1S/C26H28FNO.C3H6O2/c1-8-10-17(3)24(9-2)25-14-13-23(15-19(25)5)21(7)29-28-20(6)22-12-11-18(4)26(27)16-22;1-2-3(4)5/h8-16H,2,7H2,1,3-6H3;2H2,1H3,(H,4,5)/b10-8-,24-17+,28-20+;. The SMILES string of the molecule is C=C/C(=C(C)\C=C/C)c1ccc(C(=C)O/N=C(\C)c2ccc(C)c(F)c2)cc1C.CCC(=O)O. The molecule has 0 amide bonds. The van der Waals surface area contributed by atoms with Gasteiger partial charge in [-0.2, -0.15) is 0 Å². The first-order valence-electron chi connectivity index (χ1n) is 11.0. The minimum Gasteiger partial charge on any atom is -0.481 e. The third kappa shape index (κ3) is 8.32. The first-order valence-corrected chi connectivity index (χ1v) is 11.0. The second-order valence-electron chi connectivity index (χ2n) is 7.73. The summed E-state index contributed by atoms with van der Waals surface area (Å²) in [5.41, 5.74) is 7.14. The van der Waals surface area contributed by atoms with E-state index in [1.807, 2.05) is 50.3 Å². The molecule has 4 nitrogen and oxygen atoms in total. The molecule has 5 heteroatoms. The lowest BCUT2D eigenvalue weighted by molar-refractivity contribution is -0.136. The Labute approximate surface area is 202 Å². The molecule has 0 radical (unpaired) electrons. The van der Waals surface area contributed by atoms with E-state index in [0.717, 1.165) is 27.8 Å². The molecule has 2 aromatic rings. The van der Waals surface area contributed by atoms with Crippen LogP contribution in [0.3, 0.4) is 0 Å². The summed E-state index contributed by atoms with van der Waals surface area (Å²) in [4.78, 5) is 14.9. The summed E-state index contributed by atoms with van der Waals surface area (Å²) < 4.78 is 13.8. The second kappa shape index (κ2) is 13.7. The number of allylic oxidation sites excluding steroid dienone is 5. The van der Waals surface area contributed by atoms with Crippen LogP contribution in [0.4, 0.5) is 4.39 Å². The molecule has 2 rings (SSSR count). The summed E-state index contributed by atoms with van der Waals surface area (Å²) >= 11 is 0. The molecule has 34 heavy (non-hydrogen) atoms. The molecule has 0 aliphatic heterocycles. The van der Waals surface area contributed by atoms with Gasteiger partial charge in [-0.15, -0.1) is 0 Å². The van der Waals surface area contributed by atoms with E-state index in [0.29, 0.717) is 22.6 Å². The van der Waals surface area contributed by atoms with E-state index in [1.54, 1.807) is 26.8 Å². The van der Waals surface area contributed by atoms with E-state index >= 15 is 0 Å². The number of carboxylic acids is 1. The summed E-state index contributed by atoms with van der Waals surface area (Å²) in [6, 6.07) is 11.0. The third-order valence-corrected chi connectivity index (χ3v) is 5.07. The van der Waals surface area contributed by atoms with Gasteiger partial charge in [-0.05, 0) is 74.6 Å². The van der Waals surface area contributed by atoms with Crippen LogP contribution in [0, 0.1) is 19.7 Å². The van der Waals surface area contributed by atoms with E-state index < -0.39 is 5.97 Å². The number of aliphatic carboxylic acids is 1. The van der Waals surface area contributed by atoms with Crippen LogP contribution < -0.4 is 0 Å². The molecule has 0 aromatic heterocycles. The number of hydrogen-bond donors (Lipinski definition) is 1. The number of hydrogen-bond acceptors (Lipinski definition) is 3. The number of benzene rings is 2. The van der Waals surface area contributed by atoms with E-state index in [1.165, 1.54) is 6.07 Å². The number of nitrogens with zero attached hydrogens (tertiary/aromatic N) is 1. The van der Waals surface area contributed by atoms with Gasteiger partial charge in [0.05, 0.1) is 5.71 Å². The van der Waals surface area contributed by atoms with Crippen molar-refractivity contribution in [3.63, 3.8) is 0 Å². The molecule has 0 saturated heterocycles. The first kappa shape index (κ1) is 28.3. The van der Waals surface area contributed by atoms with Crippen molar-refractivity contribution in [2.75, 3.05) is 0 Å². The van der Waals surface area contributed by atoms with Crippen LogP contribution in [-0.2, 0) is 9.63 Å². The number of rotatable bonds is 8. The zero-order valence-corrected chi connectivity index (χ0v) is 20.9. The van der Waals surface area contributed by atoms with Gasteiger partial charge in [0, 0.05) is 17.5 Å². The predicted molar refractivity (Wildman–Crippen MR) is 140 cm³/mol. The van der Waals surface area contributed by atoms with E-state index in [4.69, 9.17) is 9.94 Å². The van der Waals surface area contributed by atoms with Gasteiger partial charge in [0.15, 0.2) is 5.76 Å². The zero-order valence-electron chi connectivity index (χ0n) is 20.9. The Hall–Kier alpha value is -3.73. The Kier molecular flexibility index (Phi) is 11.4. The summed E-state index contributed by atoms with van der Waals surface area (Å²) in [6.07, 6.45) is 6.17. The molecule has 0 heterocycles. The van der Waals surface area contributed by atoms with Gasteiger partial charge in [0.1, 0.15) is 5.82 Å². The first-order chi connectivity index (χ1) is 16.0.